The largest absolute Gasteiger partial charge is 0.338 e. The maximum Gasteiger partial charge on any atom is 0.314 e. The number of nitrogens with one attached hydrogen (secondary N) is 2. The highest BCUT2D eigenvalue weighted by molar-refractivity contribution is 8.00. The van der Waals surface area contributed by atoms with Gasteiger partial charge in [0.05, 0.1) is 0 Å². The zero-order valence-corrected chi connectivity index (χ0v) is 10.5. The Bertz CT molecular complexity index is 316. The Balaban J connectivity index is 2.26. The minimum atomic E-state index is -0.0944. The number of thioether (sulfide) groups is 1. The predicted octanol–water partition coefficient (Wildman–Crippen LogP) is 2.49. The van der Waals surface area contributed by atoms with Crippen molar-refractivity contribution in [3.63, 3.8) is 0 Å². The molecule has 2 N–H and O–H groups in total. The Morgan fingerprint density at radius 2 is 2.00 bits per heavy atom. The third-order valence-corrected chi connectivity index (χ3v) is 3.08. The third kappa shape index (κ3) is 5.07. The molecular weight excluding hydrogens is 220 g/mol. The number of urea groups is 1. The van der Waals surface area contributed by atoms with Gasteiger partial charge in [-0.05, 0) is 19.1 Å². The Kier molecular flexibility index (Phi) is 5.78. The summed E-state index contributed by atoms with van der Waals surface area (Å²) in [6, 6.07) is 10.1. The minimum Gasteiger partial charge on any atom is -0.338 e. The van der Waals surface area contributed by atoms with E-state index in [2.05, 4.69) is 29.7 Å². The molecule has 0 aliphatic carbocycles. The second-order valence-electron chi connectivity index (χ2n) is 3.48. The van der Waals surface area contributed by atoms with E-state index in [0.29, 0.717) is 18.3 Å². The fraction of sp³-hybridized carbons (Fsp3) is 0.417. The van der Waals surface area contributed by atoms with Crippen molar-refractivity contribution in [3.05, 3.63) is 30.3 Å². The zero-order chi connectivity index (χ0) is 11.8. The maximum atomic E-state index is 11.2. The van der Waals surface area contributed by atoms with Gasteiger partial charge in [0.15, 0.2) is 0 Å². The SMILES string of the molecule is CCNC(=O)NCC(C)Sc1ccccc1. The van der Waals surface area contributed by atoms with Crippen molar-refractivity contribution in [3.8, 4) is 0 Å². The summed E-state index contributed by atoms with van der Waals surface area (Å²) in [6.07, 6.45) is 0. The number of hydrogen-bond donors (Lipinski definition) is 2. The summed E-state index contributed by atoms with van der Waals surface area (Å²) in [5, 5.41) is 5.90. The molecule has 0 aliphatic heterocycles. The molecule has 1 atom stereocenters. The van der Waals surface area contributed by atoms with Gasteiger partial charge in [-0.25, -0.2) is 4.79 Å². The van der Waals surface area contributed by atoms with E-state index in [1.165, 1.54) is 4.90 Å². The Labute approximate surface area is 101 Å². The van der Waals surface area contributed by atoms with Crippen molar-refractivity contribution in [2.24, 2.45) is 0 Å². The van der Waals surface area contributed by atoms with Gasteiger partial charge in [-0.15, -0.1) is 11.8 Å². The average Bonchev–Trinajstić information content (AvgIpc) is 2.28. The number of rotatable bonds is 5. The lowest BCUT2D eigenvalue weighted by atomic mass is 10.4. The van der Waals surface area contributed by atoms with Crippen molar-refractivity contribution >= 4 is 17.8 Å². The lowest BCUT2D eigenvalue weighted by Gasteiger charge is -2.12. The molecular formula is C12H18N2OS. The molecule has 0 heterocycles. The second kappa shape index (κ2) is 7.17. The van der Waals surface area contributed by atoms with Gasteiger partial charge in [0, 0.05) is 23.2 Å². The fourth-order valence-electron chi connectivity index (χ4n) is 1.23. The molecule has 3 nitrogen and oxygen atoms in total. The van der Waals surface area contributed by atoms with Gasteiger partial charge < -0.3 is 10.6 Å². The lowest BCUT2D eigenvalue weighted by molar-refractivity contribution is 0.241. The van der Waals surface area contributed by atoms with Crippen LogP contribution in [0.5, 0.6) is 0 Å². The summed E-state index contributed by atoms with van der Waals surface area (Å²) in [6.45, 7) is 5.34. The van der Waals surface area contributed by atoms with Crippen LogP contribution in [0.25, 0.3) is 0 Å². The van der Waals surface area contributed by atoms with E-state index < -0.39 is 0 Å². The number of benzene rings is 1. The molecule has 4 heteroatoms. The molecule has 0 radical (unpaired) electrons. The van der Waals surface area contributed by atoms with Crippen LogP contribution in [0, 0.1) is 0 Å². The third-order valence-electron chi connectivity index (χ3n) is 1.97. The normalized spacial score (nSPS) is 11.9. The van der Waals surface area contributed by atoms with Gasteiger partial charge in [0.2, 0.25) is 0 Å². The maximum absolute atomic E-state index is 11.2. The summed E-state index contributed by atoms with van der Waals surface area (Å²) in [5.41, 5.74) is 0. The molecule has 0 aliphatic rings. The molecule has 1 rings (SSSR count). The highest BCUT2D eigenvalue weighted by atomic mass is 32.2. The van der Waals surface area contributed by atoms with Crippen LogP contribution in [0.15, 0.2) is 35.2 Å². The summed E-state index contributed by atoms with van der Waals surface area (Å²) >= 11 is 1.76. The summed E-state index contributed by atoms with van der Waals surface area (Å²) in [5.74, 6) is 0. The lowest BCUT2D eigenvalue weighted by Crippen LogP contribution is -2.38. The van der Waals surface area contributed by atoms with Gasteiger partial charge in [-0.2, -0.15) is 0 Å². The molecule has 1 aromatic carbocycles. The molecule has 0 aromatic heterocycles. The van der Waals surface area contributed by atoms with Crippen LogP contribution in [0.2, 0.25) is 0 Å². The molecule has 0 saturated carbocycles. The number of carbonyl (C=O) groups is 1. The molecule has 88 valence electrons. The van der Waals surface area contributed by atoms with E-state index in [4.69, 9.17) is 0 Å². The predicted molar refractivity (Wildman–Crippen MR) is 68.8 cm³/mol. The van der Waals surface area contributed by atoms with Crippen LogP contribution in [-0.4, -0.2) is 24.4 Å². The molecule has 0 spiro atoms. The van der Waals surface area contributed by atoms with E-state index >= 15 is 0 Å². The van der Waals surface area contributed by atoms with Crippen molar-refractivity contribution < 1.29 is 4.79 Å². The monoisotopic (exact) mass is 238 g/mol. The molecule has 1 unspecified atom stereocenters. The van der Waals surface area contributed by atoms with E-state index in [0.717, 1.165) is 0 Å². The highest BCUT2D eigenvalue weighted by Gasteiger charge is 2.05. The van der Waals surface area contributed by atoms with Crippen molar-refractivity contribution in [1.82, 2.24) is 10.6 Å². The molecule has 0 fully saturated rings. The smallest absolute Gasteiger partial charge is 0.314 e. The van der Waals surface area contributed by atoms with E-state index in [9.17, 15) is 4.79 Å². The van der Waals surface area contributed by atoms with E-state index in [1.54, 1.807) is 11.8 Å². The van der Waals surface area contributed by atoms with Crippen LogP contribution in [-0.2, 0) is 0 Å². The Morgan fingerprint density at radius 1 is 1.31 bits per heavy atom. The first-order chi connectivity index (χ1) is 7.72. The topological polar surface area (TPSA) is 41.1 Å². The van der Waals surface area contributed by atoms with Crippen LogP contribution in [0.3, 0.4) is 0 Å². The van der Waals surface area contributed by atoms with Crippen molar-refractivity contribution in [1.29, 1.82) is 0 Å². The Morgan fingerprint density at radius 3 is 2.62 bits per heavy atom. The van der Waals surface area contributed by atoms with Crippen LogP contribution in [0.1, 0.15) is 13.8 Å². The number of hydrogen-bond acceptors (Lipinski definition) is 2. The summed E-state index contributed by atoms with van der Waals surface area (Å²) < 4.78 is 0. The standard InChI is InChI=1S/C12H18N2OS/c1-3-13-12(15)14-9-10(2)16-11-7-5-4-6-8-11/h4-8,10H,3,9H2,1-2H3,(H2,13,14,15). The fourth-order valence-corrected chi connectivity index (χ4v) is 2.18. The van der Waals surface area contributed by atoms with Gasteiger partial charge >= 0.3 is 6.03 Å². The van der Waals surface area contributed by atoms with Crippen LogP contribution >= 0.6 is 11.8 Å². The highest BCUT2D eigenvalue weighted by Crippen LogP contribution is 2.21. The molecule has 1 aromatic rings. The first kappa shape index (κ1) is 12.9. The number of amides is 2. The van der Waals surface area contributed by atoms with Gasteiger partial charge in [0.1, 0.15) is 0 Å². The number of carbonyl (C=O) groups excluding carboxylic acids is 1. The molecule has 0 saturated heterocycles. The molecule has 0 bridgehead atoms. The van der Waals surface area contributed by atoms with Crippen LogP contribution in [0.4, 0.5) is 4.79 Å². The Hall–Kier alpha value is -1.16. The minimum absolute atomic E-state index is 0.0944. The molecule has 16 heavy (non-hydrogen) atoms. The van der Waals surface area contributed by atoms with Gasteiger partial charge in [-0.3, -0.25) is 0 Å². The quantitative estimate of drug-likeness (QED) is 0.774. The van der Waals surface area contributed by atoms with Gasteiger partial charge in [-0.1, -0.05) is 25.1 Å². The summed E-state index contributed by atoms with van der Waals surface area (Å²) in [7, 11) is 0. The second-order valence-corrected chi connectivity index (χ2v) is 4.99. The average molecular weight is 238 g/mol. The van der Waals surface area contributed by atoms with Crippen molar-refractivity contribution in [2.45, 2.75) is 24.0 Å². The van der Waals surface area contributed by atoms with Crippen molar-refractivity contribution in [2.75, 3.05) is 13.1 Å². The van der Waals surface area contributed by atoms with E-state index in [1.807, 2.05) is 25.1 Å². The first-order valence-corrected chi connectivity index (χ1v) is 6.33. The zero-order valence-electron chi connectivity index (χ0n) is 9.69. The summed E-state index contributed by atoms with van der Waals surface area (Å²) in [4.78, 5) is 12.4. The first-order valence-electron chi connectivity index (χ1n) is 5.45. The van der Waals surface area contributed by atoms with Gasteiger partial charge in [0.25, 0.3) is 0 Å². The van der Waals surface area contributed by atoms with Crippen LogP contribution < -0.4 is 10.6 Å². The molecule has 2 amide bonds. The van der Waals surface area contributed by atoms with E-state index in [-0.39, 0.29) is 6.03 Å².